The van der Waals surface area contributed by atoms with Crippen molar-refractivity contribution in [1.29, 1.82) is 0 Å². The van der Waals surface area contributed by atoms with Crippen molar-refractivity contribution < 1.29 is 0 Å². The molecule has 0 fully saturated rings. The molecule has 1 aromatic rings. The van der Waals surface area contributed by atoms with Gasteiger partial charge in [0.25, 0.3) is 0 Å². The highest BCUT2D eigenvalue weighted by Gasteiger charge is 1.86. The number of pyridine rings is 1. The Morgan fingerprint density at radius 1 is 1.56 bits per heavy atom. The van der Waals surface area contributed by atoms with E-state index >= 15 is 0 Å². The molecule has 1 heterocycles. The van der Waals surface area contributed by atoms with Crippen LogP contribution in [0, 0.1) is 0 Å². The number of thioether (sulfide) groups is 1. The molecule has 0 aliphatic carbocycles. The zero-order valence-electron chi connectivity index (χ0n) is 4.95. The molecule has 0 radical (unpaired) electrons. The number of nitrogens with two attached hydrogens (primary N) is 1. The Labute approximate surface area is 58.5 Å². The second-order valence-electron chi connectivity index (χ2n) is 1.48. The second kappa shape index (κ2) is 3.48. The number of aromatic nitrogens is 1. The topological polar surface area (TPSA) is 38.9 Å². The van der Waals surface area contributed by atoms with Crippen LogP contribution in [0.5, 0.6) is 0 Å². The first-order valence-electron chi connectivity index (χ1n) is 2.67. The Bertz CT molecular complexity index is 164. The van der Waals surface area contributed by atoms with Crippen LogP contribution in [0.1, 0.15) is 0 Å². The first kappa shape index (κ1) is 6.58. The predicted molar refractivity (Wildman–Crippen MR) is 39.1 cm³/mol. The minimum atomic E-state index is 0.594. The molecule has 3 heteroatoms. The van der Waals surface area contributed by atoms with Gasteiger partial charge in [-0.15, -0.1) is 0 Å². The Hall–Kier alpha value is -0.540. The summed E-state index contributed by atoms with van der Waals surface area (Å²) in [6, 6.07) is 5.78. The molecule has 1 aromatic heterocycles. The summed E-state index contributed by atoms with van der Waals surface area (Å²) in [6.07, 6.45) is 1.76. The maximum absolute atomic E-state index is 5.28. The van der Waals surface area contributed by atoms with Crippen LogP contribution in [0.2, 0.25) is 0 Å². The van der Waals surface area contributed by atoms with E-state index in [0.29, 0.717) is 5.88 Å². The van der Waals surface area contributed by atoms with Gasteiger partial charge in [0.15, 0.2) is 0 Å². The summed E-state index contributed by atoms with van der Waals surface area (Å²) in [6.45, 7) is 0. The molecule has 2 nitrogen and oxygen atoms in total. The lowest BCUT2D eigenvalue weighted by Gasteiger charge is -1.92. The highest BCUT2D eigenvalue weighted by Crippen LogP contribution is 2.09. The largest absolute Gasteiger partial charge is 0.322 e. The van der Waals surface area contributed by atoms with Gasteiger partial charge >= 0.3 is 0 Å². The van der Waals surface area contributed by atoms with Crippen LogP contribution >= 0.6 is 11.8 Å². The Morgan fingerprint density at radius 2 is 2.44 bits per heavy atom. The van der Waals surface area contributed by atoms with Gasteiger partial charge < -0.3 is 5.73 Å². The van der Waals surface area contributed by atoms with Gasteiger partial charge in [-0.05, 0) is 12.1 Å². The maximum atomic E-state index is 5.28. The fourth-order valence-electron chi connectivity index (χ4n) is 0.518. The van der Waals surface area contributed by atoms with E-state index in [4.69, 9.17) is 5.73 Å². The van der Waals surface area contributed by atoms with E-state index < -0.39 is 0 Å². The molecule has 0 aliphatic rings. The summed E-state index contributed by atoms with van der Waals surface area (Å²) >= 11 is 1.54. The minimum absolute atomic E-state index is 0.594. The Balaban J connectivity index is 2.61. The summed E-state index contributed by atoms with van der Waals surface area (Å²) in [5, 5.41) is 0.986. The van der Waals surface area contributed by atoms with Crippen molar-refractivity contribution in [3.63, 3.8) is 0 Å². The molecule has 0 atom stereocenters. The average Bonchev–Trinajstić information content (AvgIpc) is 1.91. The third-order valence-corrected chi connectivity index (χ3v) is 1.57. The van der Waals surface area contributed by atoms with Gasteiger partial charge in [0.1, 0.15) is 0 Å². The van der Waals surface area contributed by atoms with Crippen molar-refractivity contribution in [2.24, 2.45) is 5.73 Å². The number of hydrogen-bond acceptors (Lipinski definition) is 3. The lowest BCUT2D eigenvalue weighted by atomic mass is 10.5. The van der Waals surface area contributed by atoms with Crippen molar-refractivity contribution in [1.82, 2.24) is 4.98 Å². The summed E-state index contributed by atoms with van der Waals surface area (Å²) in [7, 11) is 0. The summed E-state index contributed by atoms with van der Waals surface area (Å²) in [4.78, 5) is 4.05. The van der Waals surface area contributed by atoms with Gasteiger partial charge in [-0.2, -0.15) is 0 Å². The number of rotatable bonds is 2. The standard InChI is InChI=1S/C6H8N2S/c7-5-9-6-3-1-2-4-8-6/h1-4H,5,7H2. The van der Waals surface area contributed by atoms with Gasteiger partial charge in [0, 0.05) is 12.1 Å². The first-order valence-corrected chi connectivity index (χ1v) is 3.66. The van der Waals surface area contributed by atoms with Crippen molar-refractivity contribution in [2.45, 2.75) is 5.03 Å². The van der Waals surface area contributed by atoms with Crippen molar-refractivity contribution >= 4 is 11.8 Å². The molecule has 1 rings (SSSR count). The normalized spacial score (nSPS) is 9.44. The number of nitrogens with zero attached hydrogens (tertiary/aromatic N) is 1. The first-order chi connectivity index (χ1) is 4.43. The molecular formula is C6H8N2S. The van der Waals surface area contributed by atoms with Crippen molar-refractivity contribution in [3.05, 3.63) is 24.4 Å². The zero-order chi connectivity index (χ0) is 6.53. The van der Waals surface area contributed by atoms with E-state index in [1.54, 1.807) is 18.0 Å². The molecule has 0 amide bonds. The predicted octanol–water partition coefficient (Wildman–Crippen LogP) is 1.09. The smallest absolute Gasteiger partial charge is 0.0972 e. The van der Waals surface area contributed by atoms with Crippen LogP contribution in [-0.2, 0) is 0 Å². The SMILES string of the molecule is NCSc1ccccn1. The van der Waals surface area contributed by atoms with Crippen LogP contribution in [0.3, 0.4) is 0 Å². The van der Waals surface area contributed by atoms with Crippen LogP contribution in [0.4, 0.5) is 0 Å². The summed E-state index contributed by atoms with van der Waals surface area (Å²) < 4.78 is 0. The van der Waals surface area contributed by atoms with E-state index in [-0.39, 0.29) is 0 Å². The van der Waals surface area contributed by atoms with Gasteiger partial charge in [-0.3, -0.25) is 0 Å². The van der Waals surface area contributed by atoms with E-state index in [9.17, 15) is 0 Å². The van der Waals surface area contributed by atoms with Gasteiger partial charge in [0.2, 0.25) is 0 Å². The van der Waals surface area contributed by atoms with Crippen LogP contribution in [0.25, 0.3) is 0 Å². The lowest BCUT2D eigenvalue weighted by Crippen LogP contribution is -1.92. The van der Waals surface area contributed by atoms with E-state index in [0.717, 1.165) is 5.03 Å². The molecule has 0 spiro atoms. The highest BCUT2D eigenvalue weighted by atomic mass is 32.2. The fourth-order valence-corrected chi connectivity index (χ4v) is 0.999. The Morgan fingerprint density at radius 3 is 3.00 bits per heavy atom. The molecular weight excluding hydrogens is 132 g/mol. The van der Waals surface area contributed by atoms with Gasteiger partial charge in [0.05, 0.1) is 5.03 Å². The summed E-state index contributed by atoms with van der Waals surface area (Å²) in [5.74, 6) is 0.594. The molecule has 0 bridgehead atoms. The average molecular weight is 140 g/mol. The van der Waals surface area contributed by atoms with Crippen molar-refractivity contribution in [3.8, 4) is 0 Å². The van der Waals surface area contributed by atoms with Gasteiger partial charge in [-0.25, -0.2) is 4.98 Å². The Kier molecular flexibility index (Phi) is 2.54. The van der Waals surface area contributed by atoms with Crippen LogP contribution < -0.4 is 5.73 Å². The van der Waals surface area contributed by atoms with Crippen LogP contribution in [0.15, 0.2) is 29.4 Å². The minimum Gasteiger partial charge on any atom is -0.322 e. The van der Waals surface area contributed by atoms with Gasteiger partial charge in [-0.1, -0.05) is 17.8 Å². The molecule has 0 unspecified atom stereocenters. The third-order valence-electron chi connectivity index (χ3n) is 0.869. The lowest BCUT2D eigenvalue weighted by molar-refractivity contribution is 1.13. The molecule has 0 aliphatic heterocycles. The molecule has 0 aromatic carbocycles. The monoisotopic (exact) mass is 140 g/mol. The molecule has 9 heavy (non-hydrogen) atoms. The molecule has 0 saturated heterocycles. The van der Waals surface area contributed by atoms with Crippen molar-refractivity contribution in [2.75, 3.05) is 5.88 Å². The highest BCUT2D eigenvalue weighted by molar-refractivity contribution is 7.99. The van der Waals surface area contributed by atoms with Crippen LogP contribution in [-0.4, -0.2) is 10.9 Å². The van der Waals surface area contributed by atoms with E-state index in [1.165, 1.54) is 0 Å². The third kappa shape index (κ3) is 2.03. The fraction of sp³-hybridized carbons (Fsp3) is 0.167. The quantitative estimate of drug-likeness (QED) is 0.493. The summed E-state index contributed by atoms with van der Waals surface area (Å²) in [5.41, 5.74) is 5.28. The maximum Gasteiger partial charge on any atom is 0.0972 e. The number of hydrogen-bond donors (Lipinski definition) is 1. The molecule has 0 saturated carbocycles. The van der Waals surface area contributed by atoms with E-state index in [1.807, 2.05) is 18.2 Å². The molecule has 48 valence electrons. The molecule has 2 N–H and O–H groups in total. The van der Waals surface area contributed by atoms with E-state index in [2.05, 4.69) is 4.98 Å². The zero-order valence-corrected chi connectivity index (χ0v) is 5.77. The second-order valence-corrected chi connectivity index (χ2v) is 2.52.